The van der Waals surface area contributed by atoms with Crippen molar-refractivity contribution in [1.29, 1.82) is 0 Å². The fourth-order valence-corrected chi connectivity index (χ4v) is 8.66. The highest BCUT2D eigenvalue weighted by molar-refractivity contribution is 5.74. The fourth-order valence-electron chi connectivity index (χ4n) is 8.66. The normalized spacial score (nSPS) is 18.6. The average Bonchev–Trinajstić information content (AvgIpc) is 3.47. The van der Waals surface area contributed by atoms with Gasteiger partial charge in [-0.3, -0.25) is 14.4 Å². The summed E-state index contributed by atoms with van der Waals surface area (Å²) >= 11 is 0. The molecule has 6 atom stereocenters. The highest BCUT2D eigenvalue weighted by Gasteiger charge is 2.50. The third kappa shape index (κ3) is 43.8. The summed E-state index contributed by atoms with van der Waals surface area (Å²) in [6, 6.07) is 0. The van der Waals surface area contributed by atoms with E-state index < -0.39 is 67.3 Å². The van der Waals surface area contributed by atoms with Crippen LogP contribution in [0.3, 0.4) is 0 Å². The minimum atomic E-state index is -1.92. The number of aliphatic hydroxyl groups is 2. The van der Waals surface area contributed by atoms with E-state index in [1.165, 1.54) is 51.4 Å². The molecule has 12 heteroatoms. The molecular formula is C67H108O12. The molecule has 3 N–H and O–H groups in total. The number of hydrogen-bond donors (Lipinski definition) is 3. The van der Waals surface area contributed by atoms with Crippen LogP contribution in [0.4, 0.5) is 0 Å². The molecule has 0 spiro atoms. The Bertz CT molecular complexity index is 1790. The van der Waals surface area contributed by atoms with Crippen molar-refractivity contribution in [3.8, 4) is 0 Å². The Labute approximate surface area is 478 Å². The van der Waals surface area contributed by atoms with Gasteiger partial charge in [-0.05, 0) is 109 Å². The van der Waals surface area contributed by atoms with Gasteiger partial charge in [0.1, 0.15) is 18.8 Å². The molecule has 0 amide bonds. The van der Waals surface area contributed by atoms with E-state index in [1.807, 2.05) is 12.2 Å². The van der Waals surface area contributed by atoms with Crippen LogP contribution in [-0.2, 0) is 42.9 Å². The van der Waals surface area contributed by atoms with E-state index in [2.05, 4.69) is 118 Å². The number of aliphatic hydroxyl groups excluding tert-OH is 2. The molecule has 1 rings (SSSR count). The molecule has 79 heavy (non-hydrogen) atoms. The lowest BCUT2D eigenvalue weighted by Crippen LogP contribution is -2.61. The van der Waals surface area contributed by atoms with E-state index >= 15 is 0 Å². The molecule has 0 saturated carbocycles. The third-order valence-corrected chi connectivity index (χ3v) is 13.3. The number of hydrogen-bond acceptors (Lipinski definition) is 11. The monoisotopic (exact) mass is 1100 g/mol. The van der Waals surface area contributed by atoms with Gasteiger partial charge in [0.25, 0.3) is 0 Å². The molecule has 12 nitrogen and oxygen atoms in total. The number of carboxylic acids is 1. The standard InChI is InChI=1S/C67H108O12/c1-4-7-10-13-16-19-22-25-27-29-30-32-33-36-38-41-44-47-50-53-59(68)75-56-58(77-60(69)54-51-48-45-42-39-35-24-21-18-15-12-9-6-3)57-76-67-65(63(72)62(71)64(79-67)66(73)74)78-61(70)55-52-49-46-43-40-37-34-31-28-26-23-20-17-14-11-8-5-2/h7,9-10,12,16,18-19,21,25-28,30,32,35,39,45,48,58,62-65,67,71-72H,4-6,8,11,13-15,17,20,22-24,29,31,33-34,36-38,40-44,46-47,49-57H2,1-3H3,(H,73,74)/b10-7-,12-9-,19-16-,21-18-,27-25-,28-26-,32-30-,39-35-,48-45-. The summed E-state index contributed by atoms with van der Waals surface area (Å²) < 4.78 is 28.4. The Morgan fingerprint density at radius 3 is 1.28 bits per heavy atom. The third-order valence-electron chi connectivity index (χ3n) is 13.3. The maximum atomic E-state index is 13.1. The summed E-state index contributed by atoms with van der Waals surface area (Å²) in [5.41, 5.74) is 0. The largest absolute Gasteiger partial charge is 0.479 e. The molecule has 6 unspecified atom stereocenters. The smallest absolute Gasteiger partial charge is 0.335 e. The van der Waals surface area contributed by atoms with Crippen molar-refractivity contribution in [1.82, 2.24) is 0 Å². The van der Waals surface area contributed by atoms with Crippen molar-refractivity contribution in [2.75, 3.05) is 13.2 Å². The zero-order chi connectivity index (χ0) is 57.5. The van der Waals surface area contributed by atoms with Crippen LogP contribution >= 0.6 is 0 Å². The zero-order valence-corrected chi connectivity index (χ0v) is 49.3. The van der Waals surface area contributed by atoms with Crippen LogP contribution in [0, 0.1) is 0 Å². The molecular weight excluding hydrogens is 997 g/mol. The summed E-state index contributed by atoms with van der Waals surface area (Å²) in [5, 5.41) is 31.5. The first kappa shape index (κ1) is 72.4. The van der Waals surface area contributed by atoms with Gasteiger partial charge in [-0.15, -0.1) is 0 Å². The maximum Gasteiger partial charge on any atom is 0.335 e. The molecule has 0 radical (unpaired) electrons. The van der Waals surface area contributed by atoms with Crippen molar-refractivity contribution >= 4 is 23.9 Å². The van der Waals surface area contributed by atoms with Crippen molar-refractivity contribution in [3.05, 3.63) is 109 Å². The van der Waals surface area contributed by atoms with E-state index in [4.69, 9.17) is 23.7 Å². The number of aliphatic carboxylic acids is 1. The quantitative estimate of drug-likeness (QED) is 0.0228. The molecule has 1 saturated heterocycles. The first-order valence-corrected chi connectivity index (χ1v) is 30.9. The Hall–Kier alpha value is -4.62. The second-order valence-corrected chi connectivity index (χ2v) is 20.6. The molecule has 0 aliphatic carbocycles. The van der Waals surface area contributed by atoms with Gasteiger partial charge < -0.3 is 39.0 Å². The first-order valence-electron chi connectivity index (χ1n) is 30.9. The van der Waals surface area contributed by atoms with Crippen molar-refractivity contribution in [2.24, 2.45) is 0 Å². The van der Waals surface area contributed by atoms with Gasteiger partial charge >= 0.3 is 23.9 Å². The van der Waals surface area contributed by atoms with E-state index in [0.717, 1.165) is 122 Å². The summed E-state index contributed by atoms with van der Waals surface area (Å²) in [5.74, 6) is -3.26. The van der Waals surface area contributed by atoms with E-state index in [-0.39, 0.29) is 25.9 Å². The second-order valence-electron chi connectivity index (χ2n) is 20.6. The summed E-state index contributed by atoms with van der Waals surface area (Å²) in [6.07, 6.45) is 60.7. The Morgan fingerprint density at radius 1 is 0.430 bits per heavy atom. The number of ether oxygens (including phenoxy) is 5. The van der Waals surface area contributed by atoms with Gasteiger partial charge in [0.05, 0.1) is 6.61 Å². The predicted molar refractivity (Wildman–Crippen MR) is 321 cm³/mol. The Morgan fingerprint density at radius 2 is 0.823 bits per heavy atom. The Kier molecular flexibility index (Phi) is 49.5. The van der Waals surface area contributed by atoms with E-state index in [1.54, 1.807) is 0 Å². The van der Waals surface area contributed by atoms with Gasteiger partial charge in [0.2, 0.25) is 0 Å². The molecule has 1 fully saturated rings. The van der Waals surface area contributed by atoms with Crippen molar-refractivity contribution < 1.29 is 58.2 Å². The zero-order valence-electron chi connectivity index (χ0n) is 49.3. The highest BCUT2D eigenvalue weighted by atomic mass is 16.7. The average molecular weight is 1110 g/mol. The van der Waals surface area contributed by atoms with Crippen LogP contribution < -0.4 is 0 Å². The number of carboxylic acid groups (broad SMARTS) is 1. The summed E-state index contributed by atoms with van der Waals surface area (Å²) in [7, 11) is 0. The minimum Gasteiger partial charge on any atom is -0.479 e. The van der Waals surface area contributed by atoms with Crippen LogP contribution in [0.25, 0.3) is 0 Å². The summed E-state index contributed by atoms with van der Waals surface area (Å²) in [4.78, 5) is 51.2. The molecule has 0 aromatic rings. The molecule has 448 valence electrons. The SMILES string of the molecule is CC/C=C\C/C=C\C/C=C\C/C=C\CCCCCCCCC(=O)OCC(COC1OC(C(=O)O)C(O)C(O)C1OC(=O)CCCCCCCCC/C=C\CCCCCCCC)OC(=O)CC/C=C\C/C=C\C/C=C\C/C=C\CC. The minimum absolute atomic E-state index is 0.0330. The van der Waals surface area contributed by atoms with Crippen LogP contribution in [-0.4, -0.2) is 89.2 Å². The molecule has 1 aliphatic rings. The Balaban J connectivity index is 2.70. The lowest BCUT2D eigenvalue weighted by Gasteiger charge is -2.40. The molecule has 0 aromatic heterocycles. The van der Waals surface area contributed by atoms with Gasteiger partial charge in [-0.1, -0.05) is 220 Å². The number of allylic oxidation sites excluding steroid dienone is 18. The summed E-state index contributed by atoms with van der Waals surface area (Å²) in [6.45, 7) is 5.69. The van der Waals surface area contributed by atoms with Crippen LogP contribution in [0.15, 0.2) is 109 Å². The van der Waals surface area contributed by atoms with Crippen molar-refractivity contribution in [2.45, 2.75) is 276 Å². The fraction of sp³-hybridized carbons (Fsp3) is 0.672. The lowest BCUT2D eigenvalue weighted by atomic mass is 9.98. The van der Waals surface area contributed by atoms with Gasteiger partial charge in [0, 0.05) is 19.3 Å². The van der Waals surface area contributed by atoms with Crippen LogP contribution in [0.2, 0.25) is 0 Å². The molecule has 0 aromatic carbocycles. The van der Waals surface area contributed by atoms with Crippen LogP contribution in [0.1, 0.15) is 239 Å². The number of unbranched alkanes of at least 4 members (excludes halogenated alkanes) is 19. The number of carbonyl (C=O) groups is 4. The van der Waals surface area contributed by atoms with Gasteiger partial charge in [0.15, 0.2) is 24.6 Å². The molecule has 0 bridgehead atoms. The highest BCUT2D eigenvalue weighted by Crippen LogP contribution is 2.26. The lowest BCUT2D eigenvalue weighted by molar-refractivity contribution is -0.301. The number of rotatable bonds is 51. The van der Waals surface area contributed by atoms with E-state index in [0.29, 0.717) is 25.7 Å². The number of esters is 3. The van der Waals surface area contributed by atoms with E-state index in [9.17, 15) is 34.5 Å². The molecule has 1 aliphatic heterocycles. The predicted octanol–water partition coefficient (Wildman–Crippen LogP) is 16.2. The topological polar surface area (TPSA) is 175 Å². The van der Waals surface area contributed by atoms with Crippen molar-refractivity contribution in [3.63, 3.8) is 0 Å². The first-order chi connectivity index (χ1) is 38.6. The van der Waals surface area contributed by atoms with Gasteiger partial charge in [-0.25, -0.2) is 4.79 Å². The van der Waals surface area contributed by atoms with Crippen LogP contribution in [0.5, 0.6) is 0 Å². The maximum absolute atomic E-state index is 13.1. The number of carbonyl (C=O) groups excluding carboxylic acids is 3. The molecule has 1 heterocycles. The van der Waals surface area contributed by atoms with Gasteiger partial charge in [-0.2, -0.15) is 0 Å². The second kappa shape index (κ2) is 54.0.